The van der Waals surface area contributed by atoms with Crippen LogP contribution in [0.15, 0.2) is 33.1 Å². The summed E-state index contributed by atoms with van der Waals surface area (Å²) in [4.78, 5) is 0. The zero-order chi connectivity index (χ0) is 50.9. The van der Waals surface area contributed by atoms with Crippen LogP contribution in [0.5, 0.6) is 0 Å². The molecule has 0 spiro atoms. The van der Waals surface area contributed by atoms with E-state index in [2.05, 4.69) is 192 Å². The number of benzene rings is 7. The van der Waals surface area contributed by atoms with E-state index in [0.29, 0.717) is 6.42 Å². The van der Waals surface area contributed by atoms with Crippen LogP contribution in [0.2, 0.25) is 6.32 Å². The van der Waals surface area contributed by atoms with Gasteiger partial charge in [0.15, 0.2) is 0 Å². The third-order valence-electron chi connectivity index (χ3n) is 19.0. The molecule has 8 rings (SSSR count). The van der Waals surface area contributed by atoms with Crippen molar-refractivity contribution in [2.45, 2.75) is 26.1 Å². The van der Waals surface area contributed by atoms with Gasteiger partial charge in [0.1, 0.15) is 184 Å². The zero-order valence-electron chi connectivity index (χ0n) is 46.8. The molecule has 0 radical (unpaired) electrons. The summed E-state index contributed by atoms with van der Waals surface area (Å²) in [5.74, 6) is 0. The van der Waals surface area contributed by atoms with E-state index in [0.717, 1.165) is 29.4 Å². The normalized spacial score (nSPS) is 12.7. The van der Waals surface area contributed by atoms with Crippen LogP contribution in [0.4, 0.5) is 0 Å². The first-order chi connectivity index (χ1) is 32.4. The van der Waals surface area contributed by atoms with Crippen molar-refractivity contribution in [3.63, 3.8) is 0 Å². The number of aliphatic hydroxyl groups excluding tert-OH is 1. The molecule has 0 unspecified atom stereocenters. The van der Waals surface area contributed by atoms with Gasteiger partial charge in [0.05, 0.1) is 0 Å². The molecule has 0 aliphatic carbocycles. The van der Waals surface area contributed by atoms with Gasteiger partial charge in [-0.15, -0.1) is 49.2 Å². The van der Waals surface area contributed by atoms with Crippen molar-refractivity contribution in [3.05, 3.63) is 56.5 Å². The highest BCUT2D eigenvalue weighted by atomic mass is 16.3. The second kappa shape index (κ2) is 18.5. The van der Waals surface area contributed by atoms with E-state index in [1.54, 1.807) is 0 Å². The zero-order valence-corrected chi connectivity index (χ0v) is 46.8. The molecule has 0 fully saturated rings. The summed E-state index contributed by atoms with van der Waals surface area (Å²) in [5, 5.41) is 21.7. The molecule has 1 heterocycles. The van der Waals surface area contributed by atoms with Crippen molar-refractivity contribution in [1.82, 2.24) is 0 Å². The molecule has 316 valence electrons. The molecule has 0 aliphatic heterocycles. The maximum atomic E-state index is 11.1. The molecule has 0 atom stereocenters. The molecule has 7 aromatic carbocycles. The number of hydrogen-bond acceptors (Lipinski definition) is 2. The average Bonchev–Trinajstić information content (AvgIpc) is 3.73. The second-order valence-corrected chi connectivity index (χ2v) is 21.7. The number of allylic oxidation sites excluding steroid dienone is 2. The molecule has 1 N–H and O–H groups in total. The van der Waals surface area contributed by atoms with Crippen molar-refractivity contribution in [3.8, 4) is 0 Å². The van der Waals surface area contributed by atoms with Crippen LogP contribution < -0.4 is 104 Å². The topological polar surface area (TPSA) is 33.4 Å². The number of furan rings is 1. The van der Waals surface area contributed by atoms with Crippen LogP contribution in [0.25, 0.3) is 59.8 Å². The van der Waals surface area contributed by atoms with Crippen LogP contribution in [0.3, 0.4) is 0 Å². The first kappa shape index (κ1) is 51.3. The lowest BCUT2D eigenvalue weighted by Gasteiger charge is -2.30. The van der Waals surface area contributed by atoms with Gasteiger partial charge in [-0.05, 0) is 102 Å². The average molecular weight is 869 g/mol. The Kier molecular flexibility index (Phi) is 13.8. The standard InChI is InChI=1S/C45H58B22O2/c1-8-10(28(52)37(61)36(60)25(8)49)4-12-20(31(55)39(63)38(62)29(12)53)17(9(2-3-68)26(50)16(48)7-46)13-6-15(47)45-21(27(13)51)14-5-11-18-22(32(56)41(65)40(64)30(18)54)24-23(19(11)35(59)44(14)69-45)33(57)42(66)43(67)34(24)58/h5-6,68H,2-4,7,46-67H2,1H3/b17-9+,26-16-. The SMILES string of the molecule is BC/C(B)=C(B)\C(CCO)=C(/c1cc(B)c2oc3c(B)c4c(cc3c2c1B)c1c(B)c(B)c(B)c(B)c1c1c(B)c(B)c(B)c(B)c41)c1c(B)c(B)c(B)c(B)c1Cc1c(B)c(B)c(B)c(B)c1C. The van der Waals surface area contributed by atoms with Gasteiger partial charge in [0.2, 0.25) is 0 Å². The summed E-state index contributed by atoms with van der Waals surface area (Å²) >= 11 is 0. The molecule has 0 saturated carbocycles. The Morgan fingerprint density at radius 3 is 1.43 bits per heavy atom. The molecule has 0 aliphatic rings. The van der Waals surface area contributed by atoms with Gasteiger partial charge in [0.25, 0.3) is 0 Å². The largest absolute Gasteiger partial charge is 0.457 e. The summed E-state index contributed by atoms with van der Waals surface area (Å²) in [5.41, 5.74) is 39.3. The first-order valence-electron chi connectivity index (χ1n) is 25.8. The summed E-state index contributed by atoms with van der Waals surface area (Å²) in [6, 6.07) is 4.94. The molecule has 24 heteroatoms. The van der Waals surface area contributed by atoms with Gasteiger partial charge >= 0.3 is 0 Å². The van der Waals surface area contributed by atoms with Gasteiger partial charge in [-0.3, -0.25) is 0 Å². The molecule has 2 nitrogen and oxygen atoms in total. The van der Waals surface area contributed by atoms with E-state index in [1.807, 2.05) is 0 Å². The molecule has 1 aromatic heterocycles. The predicted octanol–water partition coefficient (Wildman–Crippen LogP) is -24.4. The van der Waals surface area contributed by atoms with E-state index in [4.69, 9.17) is 4.42 Å². The van der Waals surface area contributed by atoms with Crippen molar-refractivity contribution in [1.29, 1.82) is 0 Å². The van der Waals surface area contributed by atoms with E-state index in [-0.39, 0.29) is 6.61 Å². The van der Waals surface area contributed by atoms with E-state index >= 15 is 0 Å². The molecular weight excluding hydrogens is 810 g/mol. The number of hydrogen-bond donors (Lipinski definition) is 1. The highest BCUT2D eigenvalue weighted by molar-refractivity contribution is 6.74. The van der Waals surface area contributed by atoms with E-state index in [1.165, 1.54) is 191 Å². The Balaban J connectivity index is 1.62. The van der Waals surface area contributed by atoms with Crippen LogP contribution in [0.1, 0.15) is 34.2 Å². The summed E-state index contributed by atoms with van der Waals surface area (Å²) in [7, 11) is 50.9. The van der Waals surface area contributed by atoms with Gasteiger partial charge in [-0.2, -0.15) is 0 Å². The summed E-state index contributed by atoms with van der Waals surface area (Å²) in [6.07, 6.45) is 2.34. The minimum Gasteiger partial charge on any atom is -0.457 e. The fourth-order valence-corrected chi connectivity index (χ4v) is 12.8. The molecule has 69 heavy (non-hydrogen) atoms. The Labute approximate surface area is 432 Å². The van der Waals surface area contributed by atoms with Crippen LogP contribution in [0, 0.1) is 6.92 Å². The Bertz CT molecular complexity index is 3690. The summed E-state index contributed by atoms with van der Waals surface area (Å²) < 4.78 is 7.31. The number of aliphatic hydroxyl groups is 1. The second-order valence-electron chi connectivity index (χ2n) is 21.7. The maximum Gasteiger partial charge on any atom is 0.145 e. The lowest BCUT2D eigenvalue weighted by atomic mass is 9.59. The molecule has 0 bridgehead atoms. The van der Waals surface area contributed by atoms with Crippen molar-refractivity contribution in [2.75, 3.05) is 6.61 Å². The fourth-order valence-electron chi connectivity index (χ4n) is 12.8. The minimum atomic E-state index is 0.0661. The lowest BCUT2D eigenvalue weighted by molar-refractivity contribution is 0.300. The van der Waals surface area contributed by atoms with Crippen LogP contribution in [-0.2, 0) is 6.42 Å². The Hall–Kier alpha value is -4.01. The highest BCUT2D eigenvalue weighted by Gasteiger charge is 2.29. The van der Waals surface area contributed by atoms with Crippen LogP contribution >= 0.6 is 0 Å². The smallest absolute Gasteiger partial charge is 0.145 e. The number of rotatable bonds is 8. The lowest BCUT2D eigenvalue weighted by Crippen LogP contribution is -2.52. The van der Waals surface area contributed by atoms with Crippen molar-refractivity contribution in [2.24, 2.45) is 0 Å². The van der Waals surface area contributed by atoms with E-state index in [9.17, 15) is 5.11 Å². The minimum absolute atomic E-state index is 0.0661. The first-order valence-corrected chi connectivity index (χ1v) is 25.8. The predicted molar refractivity (Wildman–Crippen MR) is 377 cm³/mol. The quantitative estimate of drug-likeness (QED) is 0.0938. The molecular formula is C45H58B22O2. The Morgan fingerprint density at radius 1 is 0.464 bits per heavy atom. The highest BCUT2D eigenvalue weighted by Crippen LogP contribution is 2.38. The van der Waals surface area contributed by atoms with E-state index < -0.39 is 0 Å². The van der Waals surface area contributed by atoms with Gasteiger partial charge < -0.3 is 9.52 Å². The molecule has 8 aromatic rings. The van der Waals surface area contributed by atoms with Crippen molar-refractivity contribution >= 4 is 336 Å². The number of fused-ring (bicyclic) bond motifs is 9. The fraction of sp³-hybridized carbons (Fsp3) is 0.111. The van der Waals surface area contributed by atoms with Gasteiger partial charge in [-0.25, -0.2) is 0 Å². The van der Waals surface area contributed by atoms with Crippen LogP contribution in [-0.4, -0.2) is 184 Å². The van der Waals surface area contributed by atoms with Gasteiger partial charge in [-0.1, -0.05) is 72.6 Å². The maximum absolute atomic E-state index is 11.1. The third-order valence-corrected chi connectivity index (χ3v) is 19.0. The molecule has 0 amide bonds. The monoisotopic (exact) mass is 873 g/mol. The van der Waals surface area contributed by atoms with Gasteiger partial charge in [0, 0.05) is 17.4 Å². The summed E-state index contributed by atoms with van der Waals surface area (Å²) in [6.45, 7) is 2.40. The van der Waals surface area contributed by atoms with Crippen molar-refractivity contribution < 1.29 is 9.52 Å². The Morgan fingerprint density at radius 2 is 0.913 bits per heavy atom. The molecule has 0 saturated heterocycles. The third kappa shape index (κ3) is 7.51.